The van der Waals surface area contributed by atoms with Crippen LogP contribution in [0.25, 0.3) is 0 Å². The largest absolute Gasteiger partial charge is 0.313 e. The van der Waals surface area contributed by atoms with E-state index in [1.54, 1.807) is 0 Å². The summed E-state index contributed by atoms with van der Waals surface area (Å²) in [7, 11) is 1.84. The quantitative estimate of drug-likeness (QED) is 0.355. The first-order chi connectivity index (χ1) is 4.81. The smallest absolute Gasteiger partial charge is 0.0347 e. The predicted molar refractivity (Wildman–Crippen MR) is 46.3 cm³/mol. The summed E-state index contributed by atoms with van der Waals surface area (Å²) >= 11 is 0. The van der Waals surface area contributed by atoms with Crippen molar-refractivity contribution in [2.75, 3.05) is 7.05 Å². The van der Waals surface area contributed by atoms with Crippen LogP contribution in [-0.2, 0) is 0 Å². The molecule has 1 N–H and O–H groups in total. The average Bonchev–Trinajstić information content (AvgIpc) is 1.89. The third-order valence-electron chi connectivity index (χ3n) is 1.44. The molecule has 0 bridgehead atoms. The normalized spacial score (nSPS) is 11.7. The van der Waals surface area contributed by atoms with Gasteiger partial charge < -0.3 is 5.43 Å². The highest BCUT2D eigenvalue weighted by molar-refractivity contribution is 5.81. The Morgan fingerprint density at radius 1 is 1.40 bits per heavy atom. The Kier molecular flexibility index (Phi) is 6.24. The van der Waals surface area contributed by atoms with Crippen LogP contribution >= 0.6 is 0 Å². The molecule has 0 aliphatic heterocycles. The van der Waals surface area contributed by atoms with E-state index >= 15 is 0 Å². The fraction of sp³-hybridized carbons (Fsp3) is 0.875. The molecule has 0 aliphatic rings. The highest BCUT2D eigenvalue weighted by Gasteiger charge is 1.89. The Morgan fingerprint density at radius 3 is 2.60 bits per heavy atom. The van der Waals surface area contributed by atoms with E-state index < -0.39 is 0 Å². The first kappa shape index (κ1) is 9.47. The molecule has 60 valence electrons. The summed E-state index contributed by atoms with van der Waals surface area (Å²) in [4.78, 5) is 0. The van der Waals surface area contributed by atoms with E-state index in [0.717, 1.165) is 6.42 Å². The SMILES string of the molecule is CCCCCC(C)=NNC. The first-order valence-electron chi connectivity index (χ1n) is 4.01. The van der Waals surface area contributed by atoms with E-state index in [2.05, 4.69) is 24.4 Å². The van der Waals surface area contributed by atoms with E-state index in [-0.39, 0.29) is 0 Å². The van der Waals surface area contributed by atoms with Gasteiger partial charge in [-0.2, -0.15) is 5.10 Å². The van der Waals surface area contributed by atoms with E-state index in [4.69, 9.17) is 0 Å². The summed E-state index contributed by atoms with van der Waals surface area (Å²) in [6, 6.07) is 0. The van der Waals surface area contributed by atoms with Gasteiger partial charge in [0, 0.05) is 12.8 Å². The molecule has 2 nitrogen and oxygen atoms in total. The summed E-state index contributed by atoms with van der Waals surface area (Å²) in [5.41, 5.74) is 3.99. The van der Waals surface area contributed by atoms with Gasteiger partial charge in [0.25, 0.3) is 0 Å². The number of nitrogens with one attached hydrogen (secondary N) is 1. The summed E-state index contributed by atoms with van der Waals surface area (Å²) in [6.07, 6.45) is 5.01. The van der Waals surface area contributed by atoms with Gasteiger partial charge in [-0.15, -0.1) is 0 Å². The molecule has 0 radical (unpaired) electrons. The second kappa shape index (κ2) is 6.59. The third-order valence-corrected chi connectivity index (χ3v) is 1.44. The summed E-state index contributed by atoms with van der Waals surface area (Å²) in [6.45, 7) is 4.27. The van der Waals surface area contributed by atoms with Crippen LogP contribution in [0.4, 0.5) is 0 Å². The van der Waals surface area contributed by atoms with Crippen molar-refractivity contribution in [2.45, 2.75) is 39.5 Å². The molecule has 2 heteroatoms. The van der Waals surface area contributed by atoms with Crippen LogP contribution in [-0.4, -0.2) is 12.8 Å². The number of rotatable bonds is 5. The molecule has 0 fully saturated rings. The third kappa shape index (κ3) is 5.60. The second-order valence-corrected chi connectivity index (χ2v) is 2.53. The maximum atomic E-state index is 4.06. The molecule has 0 aromatic rings. The van der Waals surface area contributed by atoms with Crippen molar-refractivity contribution in [3.63, 3.8) is 0 Å². The molecule has 0 rings (SSSR count). The van der Waals surface area contributed by atoms with Gasteiger partial charge in [-0.25, -0.2) is 0 Å². The summed E-state index contributed by atoms with van der Waals surface area (Å²) in [5, 5.41) is 4.06. The standard InChI is InChI=1S/C8H18N2/c1-4-5-6-7-8(2)10-9-3/h9H,4-7H2,1-3H3. The zero-order valence-corrected chi connectivity index (χ0v) is 7.28. The Bertz CT molecular complexity index is 97.4. The van der Waals surface area contributed by atoms with Gasteiger partial charge in [-0.05, 0) is 19.8 Å². The summed E-state index contributed by atoms with van der Waals surface area (Å²) in [5.74, 6) is 0. The Morgan fingerprint density at radius 2 is 2.10 bits per heavy atom. The lowest BCUT2D eigenvalue weighted by atomic mass is 10.1. The van der Waals surface area contributed by atoms with Crippen molar-refractivity contribution in [1.29, 1.82) is 0 Å². The minimum absolute atomic E-state index is 1.13. The number of unbranched alkanes of at least 4 members (excludes halogenated alkanes) is 2. The van der Waals surface area contributed by atoms with Crippen molar-refractivity contribution in [3.8, 4) is 0 Å². The van der Waals surface area contributed by atoms with Gasteiger partial charge >= 0.3 is 0 Å². The average molecular weight is 142 g/mol. The van der Waals surface area contributed by atoms with Crippen LogP contribution in [0.5, 0.6) is 0 Å². The molecule has 0 aliphatic carbocycles. The fourth-order valence-electron chi connectivity index (χ4n) is 0.878. The van der Waals surface area contributed by atoms with E-state index in [0.29, 0.717) is 0 Å². The van der Waals surface area contributed by atoms with Gasteiger partial charge in [-0.1, -0.05) is 19.8 Å². The van der Waals surface area contributed by atoms with Crippen LogP contribution in [0.2, 0.25) is 0 Å². The van der Waals surface area contributed by atoms with E-state index in [9.17, 15) is 0 Å². The monoisotopic (exact) mass is 142 g/mol. The molecule has 0 saturated heterocycles. The van der Waals surface area contributed by atoms with Crippen LogP contribution in [0.3, 0.4) is 0 Å². The van der Waals surface area contributed by atoms with Crippen LogP contribution in [0, 0.1) is 0 Å². The lowest BCUT2D eigenvalue weighted by molar-refractivity contribution is 0.735. The van der Waals surface area contributed by atoms with Crippen molar-refractivity contribution < 1.29 is 0 Å². The molecule has 0 heterocycles. The molecular formula is C8H18N2. The molecule has 0 spiro atoms. The van der Waals surface area contributed by atoms with Gasteiger partial charge in [0.05, 0.1) is 0 Å². The number of hydrogen-bond acceptors (Lipinski definition) is 2. The van der Waals surface area contributed by atoms with Gasteiger partial charge in [0.15, 0.2) is 0 Å². The Hall–Kier alpha value is -0.530. The highest BCUT2D eigenvalue weighted by atomic mass is 15.3. The molecule has 0 unspecified atom stereocenters. The Labute approximate surface area is 63.7 Å². The van der Waals surface area contributed by atoms with E-state index in [1.165, 1.54) is 25.0 Å². The molecule has 0 atom stereocenters. The van der Waals surface area contributed by atoms with Crippen molar-refractivity contribution in [2.24, 2.45) is 5.10 Å². The minimum Gasteiger partial charge on any atom is -0.313 e. The number of hydrogen-bond donors (Lipinski definition) is 1. The number of hydrazone groups is 1. The topological polar surface area (TPSA) is 24.4 Å². The van der Waals surface area contributed by atoms with Crippen molar-refractivity contribution >= 4 is 5.71 Å². The first-order valence-corrected chi connectivity index (χ1v) is 4.01. The molecule has 10 heavy (non-hydrogen) atoms. The molecule has 0 amide bonds. The maximum absolute atomic E-state index is 4.06. The maximum Gasteiger partial charge on any atom is 0.0347 e. The van der Waals surface area contributed by atoms with Crippen LogP contribution in [0.15, 0.2) is 5.10 Å². The van der Waals surface area contributed by atoms with Gasteiger partial charge in [0.1, 0.15) is 0 Å². The zero-order valence-electron chi connectivity index (χ0n) is 7.28. The van der Waals surface area contributed by atoms with Crippen molar-refractivity contribution in [1.82, 2.24) is 5.43 Å². The molecular weight excluding hydrogens is 124 g/mol. The molecule has 0 aromatic carbocycles. The lowest BCUT2D eigenvalue weighted by Gasteiger charge is -1.97. The fourth-order valence-corrected chi connectivity index (χ4v) is 0.878. The molecule has 0 aromatic heterocycles. The zero-order chi connectivity index (χ0) is 7.82. The van der Waals surface area contributed by atoms with Gasteiger partial charge in [0.2, 0.25) is 0 Å². The van der Waals surface area contributed by atoms with Crippen molar-refractivity contribution in [3.05, 3.63) is 0 Å². The second-order valence-electron chi connectivity index (χ2n) is 2.53. The van der Waals surface area contributed by atoms with Gasteiger partial charge in [-0.3, -0.25) is 0 Å². The lowest BCUT2D eigenvalue weighted by Crippen LogP contribution is -2.01. The van der Waals surface area contributed by atoms with E-state index in [1.807, 2.05) is 7.05 Å². The Balaban J connectivity index is 3.21. The highest BCUT2D eigenvalue weighted by Crippen LogP contribution is 1.99. The van der Waals surface area contributed by atoms with Crippen LogP contribution in [0.1, 0.15) is 39.5 Å². The van der Waals surface area contributed by atoms with Crippen LogP contribution < -0.4 is 5.43 Å². The number of nitrogens with zero attached hydrogens (tertiary/aromatic N) is 1. The minimum atomic E-state index is 1.13. The predicted octanol–water partition coefficient (Wildman–Crippen LogP) is 2.16. The summed E-state index contributed by atoms with van der Waals surface area (Å²) < 4.78 is 0. The molecule has 0 saturated carbocycles.